The lowest BCUT2D eigenvalue weighted by Crippen LogP contribution is -2.37. The summed E-state index contributed by atoms with van der Waals surface area (Å²) in [4.78, 5) is 38.6. The minimum absolute atomic E-state index is 0.0604. The molecule has 1 fully saturated rings. The van der Waals surface area contributed by atoms with E-state index < -0.39 is 0 Å². The second-order valence-corrected chi connectivity index (χ2v) is 5.63. The van der Waals surface area contributed by atoms with Gasteiger partial charge >= 0.3 is 0 Å². The van der Waals surface area contributed by atoms with Gasteiger partial charge < -0.3 is 10.6 Å². The Hall–Kier alpha value is -2.21. The predicted octanol–water partition coefficient (Wildman–Crippen LogP) is 0.903. The first kappa shape index (κ1) is 17.1. The van der Waals surface area contributed by atoms with E-state index in [4.69, 9.17) is 5.73 Å². The molecule has 6 heteroatoms. The van der Waals surface area contributed by atoms with Crippen LogP contribution in [0.1, 0.15) is 31.2 Å². The van der Waals surface area contributed by atoms with Crippen molar-refractivity contribution < 1.29 is 14.4 Å². The van der Waals surface area contributed by atoms with Gasteiger partial charge in [0.05, 0.1) is 0 Å². The summed E-state index contributed by atoms with van der Waals surface area (Å²) in [5, 5.41) is 0. The van der Waals surface area contributed by atoms with Gasteiger partial charge in [-0.3, -0.25) is 19.3 Å². The number of amides is 3. The van der Waals surface area contributed by atoms with Crippen molar-refractivity contribution in [1.82, 2.24) is 9.80 Å². The van der Waals surface area contributed by atoms with Crippen LogP contribution in [0.5, 0.6) is 0 Å². The highest BCUT2D eigenvalue weighted by Gasteiger charge is 2.29. The fourth-order valence-electron chi connectivity index (χ4n) is 2.62. The molecule has 23 heavy (non-hydrogen) atoms. The van der Waals surface area contributed by atoms with Crippen LogP contribution in [0, 0.1) is 0 Å². The zero-order valence-corrected chi connectivity index (χ0v) is 13.2. The normalized spacial score (nSPS) is 14.4. The largest absolute Gasteiger partial charge is 0.338 e. The van der Waals surface area contributed by atoms with Crippen LogP contribution >= 0.6 is 0 Å². The maximum atomic E-state index is 12.5. The van der Waals surface area contributed by atoms with Crippen LogP contribution in [0.15, 0.2) is 30.3 Å². The average Bonchev–Trinajstić information content (AvgIpc) is 2.88. The van der Waals surface area contributed by atoms with Gasteiger partial charge in [-0.1, -0.05) is 30.3 Å². The first-order chi connectivity index (χ1) is 11.1. The number of nitrogens with two attached hydrogens (primary N) is 1. The molecular formula is C17H23N3O3. The van der Waals surface area contributed by atoms with Crippen LogP contribution < -0.4 is 5.73 Å². The summed E-state index contributed by atoms with van der Waals surface area (Å²) >= 11 is 0. The third-order valence-electron chi connectivity index (χ3n) is 3.91. The number of carbonyl (C=O) groups excluding carboxylic acids is 3. The lowest BCUT2D eigenvalue weighted by Gasteiger charge is -2.24. The average molecular weight is 317 g/mol. The van der Waals surface area contributed by atoms with Crippen molar-refractivity contribution in [2.45, 2.75) is 32.2 Å². The molecule has 1 aliphatic rings. The molecule has 1 heterocycles. The summed E-state index contributed by atoms with van der Waals surface area (Å²) in [7, 11) is 0. The number of carbonyl (C=O) groups is 3. The fourth-order valence-corrected chi connectivity index (χ4v) is 2.62. The quantitative estimate of drug-likeness (QED) is 0.722. The standard InChI is InChI=1S/C17H23N3O3/c18-10-4-11-19(13-14-5-2-1-3-6-14)15(21)9-12-20-16(22)7-8-17(20)23/h1-3,5-6H,4,7-13,18H2. The van der Waals surface area contributed by atoms with Gasteiger partial charge in [0, 0.05) is 38.9 Å². The van der Waals surface area contributed by atoms with E-state index in [9.17, 15) is 14.4 Å². The highest BCUT2D eigenvalue weighted by Crippen LogP contribution is 2.13. The molecule has 0 unspecified atom stereocenters. The maximum Gasteiger partial charge on any atom is 0.229 e. The molecule has 1 aromatic rings. The zero-order valence-electron chi connectivity index (χ0n) is 13.2. The summed E-state index contributed by atoms with van der Waals surface area (Å²) < 4.78 is 0. The van der Waals surface area contributed by atoms with E-state index in [-0.39, 0.29) is 43.5 Å². The highest BCUT2D eigenvalue weighted by atomic mass is 16.2. The first-order valence-corrected chi connectivity index (χ1v) is 7.97. The lowest BCUT2D eigenvalue weighted by molar-refractivity contribution is -0.139. The van der Waals surface area contributed by atoms with Crippen molar-refractivity contribution >= 4 is 17.7 Å². The van der Waals surface area contributed by atoms with Crippen LogP contribution in [0.25, 0.3) is 0 Å². The lowest BCUT2D eigenvalue weighted by atomic mass is 10.2. The Morgan fingerprint density at radius 2 is 1.78 bits per heavy atom. The molecule has 0 radical (unpaired) electrons. The van der Waals surface area contributed by atoms with E-state index in [0.29, 0.717) is 19.6 Å². The molecule has 0 bridgehead atoms. The molecule has 0 atom stereocenters. The number of imide groups is 1. The van der Waals surface area contributed by atoms with Crippen LogP contribution in [0.2, 0.25) is 0 Å². The Bertz CT molecular complexity index is 543. The Balaban J connectivity index is 1.93. The molecule has 0 spiro atoms. The zero-order chi connectivity index (χ0) is 16.7. The van der Waals surface area contributed by atoms with Gasteiger partial charge in [-0.15, -0.1) is 0 Å². The Morgan fingerprint density at radius 1 is 1.13 bits per heavy atom. The second-order valence-electron chi connectivity index (χ2n) is 5.63. The SMILES string of the molecule is NCCCN(Cc1ccccc1)C(=O)CCN1C(=O)CCC1=O. The number of likely N-dealkylation sites (tertiary alicyclic amines) is 1. The Labute approximate surface area is 136 Å². The molecule has 2 rings (SSSR count). The summed E-state index contributed by atoms with van der Waals surface area (Å²) in [5.41, 5.74) is 6.59. The van der Waals surface area contributed by atoms with E-state index >= 15 is 0 Å². The highest BCUT2D eigenvalue weighted by molar-refractivity contribution is 6.02. The van der Waals surface area contributed by atoms with Gasteiger partial charge in [-0.2, -0.15) is 0 Å². The number of benzene rings is 1. The minimum atomic E-state index is -0.181. The molecule has 2 N–H and O–H groups in total. The molecule has 6 nitrogen and oxygen atoms in total. The Kier molecular flexibility index (Phi) is 6.29. The topological polar surface area (TPSA) is 83.7 Å². The molecule has 0 aromatic heterocycles. The van der Waals surface area contributed by atoms with Crippen molar-refractivity contribution in [3.63, 3.8) is 0 Å². The number of nitrogens with zero attached hydrogens (tertiary/aromatic N) is 2. The van der Waals surface area contributed by atoms with E-state index in [1.807, 2.05) is 30.3 Å². The van der Waals surface area contributed by atoms with Crippen molar-refractivity contribution in [2.75, 3.05) is 19.6 Å². The monoisotopic (exact) mass is 317 g/mol. The summed E-state index contributed by atoms with van der Waals surface area (Å²) in [6.45, 7) is 1.78. The molecule has 1 aliphatic heterocycles. The van der Waals surface area contributed by atoms with Gasteiger partial charge in [0.15, 0.2) is 0 Å². The van der Waals surface area contributed by atoms with Crippen LogP contribution in [0.3, 0.4) is 0 Å². The van der Waals surface area contributed by atoms with E-state index in [2.05, 4.69) is 0 Å². The molecule has 0 aliphatic carbocycles. The van der Waals surface area contributed by atoms with Crippen LogP contribution in [0.4, 0.5) is 0 Å². The third-order valence-corrected chi connectivity index (χ3v) is 3.91. The van der Waals surface area contributed by atoms with Gasteiger partial charge in [-0.05, 0) is 18.5 Å². The van der Waals surface area contributed by atoms with Crippen molar-refractivity contribution in [3.8, 4) is 0 Å². The smallest absolute Gasteiger partial charge is 0.229 e. The first-order valence-electron chi connectivity index (χ1n) is 7.97. The minimum Gasteiger partial charge on any atom is -0.338 e. The van der Waals surface area contributed by atoms with Crippen molar-refractivity contribution in [2.24, 2.45) is 5.73 Å². The van der Waals surface area contributed by atoms with Crippen molar-refractivity contribution in [1.29, 1.82) is 0 Å². The van der Waals surface area contributed by atoms with Gasteiger partial charge in [0.25, 0.3) is 0 Å². The van der Waals surface area contributed by atoms with Gasteiger partial charge in [-0.25, -0.2) is 0 Å². The number of hydrogen-bond acceptors (Lipinski definition) is 4. The summed E-state index contributed by atoms with van der Waals surface area (Å²) in [6.07, 6.45) is 1.40. The van der Waals surface area contributed by atoms with Crippen molar-refractivity contribution in [3.05, 3.63) is 35.9 Å². The molecule has 0 saturated carbocycles. The molecule has 1 saturated heterocycles. The predicted molar refractivity (Wildman–Crippen MR) is 86.1 cm³/mol. The molecule has 3 amide bonds. The summed E-state index contributed by atoms with van der Waals surface area (Å²) in [5.74, 6) is -0.423. The summed E-state index contributed by atoms with van der Waals surface area (Å²) in [6, 6.07) is 9.73. The molecule has 124 valence electrons. The van der Waals surface area contributed by atoms with Gasteiger partial charge in [0.2, 0.25) is 17.7 Å². The molecule has 1 aromatic carbocycles. The Morgan fingerprint density at radius 3 is 2.39 bits per heavy atom. The number of hydrogen-bond donors (Lipinski definition) is 1. The second kappa shape index (κ2) is 8.43. The van der Waals surface area contributed by atoms with E-state index in [1.54, 1.807) is 4.90 Å². The van der Waals surface area contributed by atoms with Gasteiger partial charge in [0.1, 0.15) is 0 Å². The van der Waals surface area contributed by atoms with Crippen LogP contribution in [-0.2, 0) is 20.9 Å². The maximum absolute atomic E-state index is 12.5. The van der Waals surface area contributed by atoms with Crippen LogP contribution in [-0.4, -0.2) is 47.2 Å². The molecular weight excluding hydrogens is 294 g/mol. The van der Waals surface area contributed by atoms with E-state index in [1.165, 1.54) is 4.90 Å². The fraction of sp³-hybridized carbons (Fsp3) is 0.471. The number of rotatable bonds is 8. The van der Waals surface area contributed by atoms with E-state index in [0.717, 1.165) is 12.0 Å². The third kappa shape index (κ3) is 4.89.